The van der Waals surface area contributed by atoms with E-state index in [0.29, 0.717) is 16.5 Å². The van der Waals surface area contributed by atoms with Crippen molar-refractivity contribution in [1.82, 2.24) is 9.91 Å². The highest BCUT2D eigenvalue weighted by Gasteiger charge is 2.52. The molecule has 0 fully saturated rings. The standard InChI is InChI=1S/C20H23Cl2N3O/c1-23(2)12-11-20(14-5-7-15(21)8-6-14)17-10-9-16(22)13-18(17)25(19(20)26)24(3)4/h5-10,13H,11-12H2,1-4H3/t20-/m0/s1. The zero-order chi connectivity index (χ0) is 19.1. The lowest BCUT2D eigenvalue weighted by molar-refractivity contribution is -0.124. The minimum absolute atomic E-state index is 0.0314. The third-order valence-corrected chi connectivity index (χ3v) is 5.36. The van der Waals surface area contributed by atoms with E-state index in [-0.39, 0.29) is 5.91 Å². The molecule has 1 heterocycles. The number of rotatable bonds is 5. The van der Waals surface area contributed by atoms with Gasteiger partial charge in [0, 0.05) is 24.1 Å². The number of hydrogen-bond acceptors (Lipinski definition) is 3. The van der Waals surface area contributed by atoms with Gasteiger partial charge in [0.05, 0.1) is 5.69 Å². The van der Waals surface area contributed by atoms with E-state index in [1.54, 1.807) is 5.01 Å². The Morgan fingerprint density at radius 3 is 2.15 bits per heavy atom. The number of halogens is 2. The molecule has 0 aromatic heterocycles. The van der Waals surface area contributed by atoms with Gasteiger partial charge in [-0.15, -0.1) is 0 Å². The van der Waals surface area contributed by atoms with Gasteiger partial charge in [0.25, 0.3) is 5.91 Å². The van der Waals surface area contributed by atoms with Gasteiger partial charge in [-0.05, 0) is 62.5 Å². The first-order valence-corrected chi connectivity index (χ1v) is 9.25. The number of nitrogens with zero attached hydrogens (tertiary/aromatic N) is 3. The van der Waals surface area contributed by atoms with Crippen LogP contribution in [0.25, 0.3) is 0 Å². The van der Waals surface area contributed by atoms with Gasteiger partial charge in [-0.1, -0.05) is 41.4 Å². The number of carbonyl (C=O) groups is 1. The van der Waals surface area contributed by atoms with Crippen LogP contribution in [-0.2, 0) is 10.2 Å². The molecule has 1 atom stereocenters. The second kappa shape index (κ2) is 7.20. The fourth-order valence-corrected chi connectivity index (χ4v) is 3.93. The summed E-state index contributed by atoms with van der Waals surface area (Å²) in [6.07, 6.45) is 0.666. The first kappa shape index (κ1) is 19.2. The maximum atomic E-state index is 13.7. The van der Waals surface area contributed by atoms with Crippen LogP contribution >= 0.6 is 23.2 Å². The van der Waals surface area contributed by atoms with Crippen molar-refractivity contribution in [1.29, 1.82) is 0 Å². The Hall–Kier alpha value is -1.59. The Bertz CT molecular complexity index is 820. The van der Waals surface area contributed by atoms with Crippen molar-refractivity contribution in [3.63, 3.8) is 0 Å². The monoisotopic (exact) mass is 391 g/mol. The first-order chi connectivity index (χ1) is 12.3. The van der Waals surface area contributed by atoms with Crippen molar-refractivity contribution in [3.05, 3.63) is 63.6 Å². The van der Waals surface area contributed by atoms with Crippen molar-refractivity contribution in [2.24, 2.45) is 0 Å². The molecule has 2 aromatic rings. The van der Waals surface area contributed by atoms with E-state index in [2.05, 4.69) is 4.90 Å². The fourth-order valence-electron chi connectivity index (χ4n) is 3.63. The molecule has 1 aliphatic rings. The van der Waals surface area contributed by atoms with Crippen LogP contribution in [0, 0.1) is 0 Å². The lowest BCUT2D eigenvalue weighted by Crippen LogP contribution is -2.48. The van der Waals surface area contributed by atoms with Crippen molar-refractivity contribution >= 4 is 34.8 Å². The average Bonchev–Trinajstić information content (AvgIpc) is 2.82. The van der Waals surface area contributed by atoms with E-state index in [9.17, 15) is 4.79 Å². The Kier molecular flexibility index (Phi) is 5.31. The molecule has 0 bridgehead atoms. The predicted octanol–water partition coefficient (Wildman–Crippen LogP) is 4.05. The fraction of sp³-hybridized carbons (Fsp3) is 0.350. The van der Waals surface area contributed by atoms with Crippen LogP contribution in [-0.4, -0.2) is 50.6 Å². The maximum Gasteiger partial charge on any atom is 0.256 e. The van der Waals surface area contributed by atoms with Crippen molar-refractivity contribution < 1.29 is 4.79 Å². The van der Waals surface area contributed by atoms with Crippen LogP contribution in [0.1, 0.15) is 17.5 Å². The molecule has 0 radical (unpaired) electrons. The summed E-state index contributed by atoms with van der Waals surface area (Å²) < 4.78 is 0. The Morgan fingerprint density at radius 1 is 0.962 bits per heavy atom. The zero-order valence-electron chi connectivity index (χ0n) is 15.5. The van der Waals surface area contributed by atoms with Gasteiger partial charge >= 0.3 is 0 Å². The van der Waals surface area contributed by atoms with E-state index in [0.717, 1.165) is 23.4 Å². The minimum atomic E-state index is -0.765. The van der Waals surface area contributed by atoms with Crippen LogP contribution in [0.3, 0.4) is 0 Å². The van der Waals surface area contributed by atoms with Crippen molar-refractivity contribution in [3.8, 4) is 0 Å². The van der Waals surface area contributed by atoms with Crippen molar-refractivity contribution in [2.45, 2.75) is 11.8 Å². The molecule has 3 rings (SSSR count). The molecular weight excluding hydrogens is 369 g/mol. The highest BCUT2D eigenvalue weighted by atomic mass is 35.5. The number of hydrazine groups is 1. The molecule has 4 nitrogen and oxygen atoms in total. The van der Waals surface area contributed by atoms with Gasteiger partial charge in [0.15, 0.2) is 0 Å². The highest BCUT2D eigenvalue weighted by molar-refractivity contribution is 6.31. The van der Waals surface area contributed by atoms with Gasteiger partial charge in [-0.25, -0.2) is 10.0 Å². The molecule has 0 aliphatic carbocycles. The van der Waals surface area contributed by atoms with Gasteiger partial charge in [-0.3, -0.25) is 4.79 Å². The van der Waals surface area contributed by atoms with Crippen LogP contribution in [0.15, 0.2) is 42.5 Å². The smallest absolute Gasteiger partial charge is 0.256 e. The molecule has 2 aromatic carbocycles. The molecule has 1 aliphatic heterocycles. The van der Waals surface area contributed by atoms with Gasteiger partial charge < -0.3 is 4.90 Å². The van der Waals surface area contributed by atoms with Gasteiger partial charge in [0.1, 0.15) is 5.41 Å². The number of fused-ring (bicyclic) bond motifs is 1. The lowest BCUT2D eigenvalue weighted by Gasteiger charge is -2.32. The quantitative estimate of drug-likeness (QED) is 0.768. The number of anilines is 1. The number of carbonyl (C=O) groups excluding carboxylic acids is 1. The van der Waals surface area contributed by atoms with Crippen LogP contribution < -0.4 is 5.01 Å². The normalized spacial score (nSPS) is 19.5. The topological polar surface area (TPSA) is 26.8 Å². The van der Waals surface area contributed by atoms with Gasteiger partial charge in [0.2, 0.25) is 0 Å². The summed E-state index contributed by atoms with van der Waals surface area (Å²) in [5.41, 5.74) is 1.99. The summed E-state index contributed by atoms with van der Waals surface area (Å²) in [6, 6.07) is 13.3. The van der Waals surface area contributed by atoms with E-state index < -0.39 is 5.41 Å². The zero-order valence-corrected chi connectivity index (χ0v) is 17.0. The van der Waals surface area contributed by atoms with E-state index in [4.69, 9.17) is 23.2 Å². The summed E-state index contributed by atoms with van der Waals surface area (Å²) >= 11 is 12.3. The molecule has 1 amide bonds. The molecule has 0 unspecified atom stereocenters. The Morgan fingerprint density at radius 2 is 1.58 bits per heavy atom. The van der Waals surface area contributed by atoms with E-state index in [1.807, 2.05) is 75.7 Å². The molecule has 0 saturated carbocycles. The van der Waals surface area contributed by atoms with Crippen LogP contribution in [0.4, 0.5) is 5.69 Å². The summed E-state index contributed by atoms with van der Waals surface area (Å²) in [6.45, 7) is 0.775. The predicted molar refractivity (Wildman–Crippen MR) is 108 cm³/mol. The van der Waals surface area contributed by atoms with Gasteiger partial charge in [-0.2, -0.15) is 0 Å². The summed E-state index contributed by atoms with van der Waals surface area (Å²) in [5, 5.41) is 4.79. The number of benzene rings is 2. The molecule has 0 saturated heterocycles. The molecule has 0 spiro atoms. The summed E-state index contributed by atoms with van der Waals surface area (Å²) in [7, 11) is 7.77. The Labute approximate surface area is 164 Å². The minimum Gasteiger partial charge on any atom is -0.309 e. The second-order valence-electron chi connectivity index (χ2n) is 7.09. The Balaban J connectivity index is 2.26. The molecule has 6 heteroatoms. The number of amides is 1. The molecule has 138 valence electrons. The first-order valence-electron chi connectivity index (χ1n) is 8.50. The van der Waals surface area contributed by atoms with E-state index >= 15 is 0 Å². The molecule has 26 heavy (non-hydrogen) atoms. The highest BCUT2D eigenvalue weighted by Crippen LogP contribution is 2.49. The number of hydrogen-bond donors (Lipinski definition) is 0. The largest absolute Gasteiger partial charge is 0.309 e. The third-order valence-electron chi connectivity index (χ3n) is 4.88. The average molecular weight is 392 g/mol. The summed E-state index contributed by atoms with van der Waals surface area (Å²) in [4.78, 5) is 15.8. The third kappa shape index (κ3) is 3.12. The maximum absolute atomic E-state index is 13.7. The second-order valence-corrected chi connectivity index (χ2v) is 7.96. The van der Waals surface area contributed by atoms with Crippen LogP contribution in [0.5, 0.6) is 0 Å². The summed E-state index contributed by atoms with van der Waals surface area (Å²) in [5.74, 6) is 0.0314. The molecule has 0 N–H and O–H groups in total. The lowest BCUT2D eigenvalue weighted by atomic mass is 9.73. The van der Waals surface area contributed by atoms with Crippen molar-refractivity contribution in [2.75, 3.05) is 39.7 Å². The molecular formula is C20H23Cl2N3O. The SMILES string of the molecule is CN(C)CC[C@@]1(c2ccc(Cl)cc2)C(=O)N(N(C)C)c2cc(Cl)ccc21. The van der Waals surface area contributed by atoms with Crippen LogP contribution in [0.2, 0.25) is 10.0 Å². The van der Waals surface area contributed by atoms with E-state index in [1.165, 1.54) is 0 Å².